The number of benzene rings is 3. The van der Waals surface area contributed by atoms with E-state index in [1.54, 1.807) is 25.7 Å². The van der Waals surface area contributed by atoms with Crippen LogP contribution in [-0.2, 0) is 30.3 Å². The van der Waals surface area contributed by atoms with Crippen molar-refractivity contribution in [2.45, 2.75) is 76.7 Å². The standard InChI is InChI=1S/C44H58N4O8/c1-6-29-53-40(49)39(25-17-18-27-45-41(50)55-33-34-19-11-8-12-20-34)47-37(31-46-42(51)56-44(3,4)5)26-28-48(43(52)54-30-7-2)32-38(35-21-13-9-14-22-35)36-23-15-10-16-24-36/h6-16,19-24,37-39,47H,1-2,17-18,25-33H2,3-5H3,(H,45,50)(H,46,51)/t37?,39-/m0/s1. The van der Waals surface area contributed by atoms with Crippen LogP contribution in [0, 0.1) is 0 Å². The van der Waals surface area contributed by atoms with E-state index in [4.69, 9.17) is 18.9 Å². The highest BCUT2D eigenvalue weighted by molar-refractivity contribution is 5.76. The summed E-state index contributed by atoms with van der Waals surface area (Å²) in [6.45, 7) is 13.8. The molecule has 0 aliphatic heterocycles. The second-order valence-corrected chi connectivity index (χ2v) is 14.2. The van der Waals surface area contributed by atoms with Crippen LogP contribution in [0.5, 0.6) is 0 Å². The SMILES string of the molecule is C=CCOC(=O)[C@H](CCCCNC(=O)OCc1ccccc1)NC(CCN(CC(c1ccccc1)c1ccccc1)C(=O)OCC=C)CNC(=O)OC(C)(C)C. The third-order valence-corrected chi connectivity index (χ3v) is 8.50. The van der Waals surface area contributed by atoms with E-state index in [-0.39, 0.29) is 38.8 Å². The van der Waals surface area contributed by atoms with Gasteiger partial charge in [0.15, 0.2) is 0 Å². The number of rotatable bonds is 23. The number of alkyl carbamates (subject to hydrolysis) is 2. The lowest BCUT2D eigenvalue weighted by atomic mass is 9.90. The predicted molar refractivity (Wildman–Crippen MR) is 217 cm³/mol. The number of hydrogen-bond acceptors (Lipinski definition) is 9. The molecular formula is C44H58N4O8. The molecule has 56 heavy (non-hydrogen) atoms. The van der Waals surface area contributed by atoms with E-state index in [2.05, 4.69) is 29.1 Å². The van der Waals surface area contributed by atoms with Crippen molar-refractivity contribution >= 4 is 24.2 Å². The Bertz CT molecular complexity index is 1590. The molecule has 3 rings (SSSR count). The van der Waals surface area contributed by atoms with Crippen molar-refractivity contribution in [1.29, 1.82) is 0 Å². The van der Waals surface area contributed by atoms with E-state index in [9.17, 15) is 19.2 Å². The van der Waals surface area contributed by atoms with Crippen molar-refractivity contribution in [1.82, 2.24) is 20.9 Å². The summed E-state index contributed by atoms with van der Waals surface area (Å²) >= 11 is 0. The molecule has 0 saturated heterocycles. The highest BCUT2D eigenvalue weighted by Gasteiger charge is 2.28. The lowest BCUT2D eigenvalue weighted by molar-refractivity contribution is -0.145. The first-order chi connectivity index (χ1) is 27.0. The van der Waals surface area contributed by atoms with Gasteiger partial charge < -0.3 is 34.5 Å². The molecule has 302 valence electrons. The number of ether oxygens (including phenoxy) is 4. The number of esters is 1. The third kappa shape index (κ3) is 17.7. The van der Waals surface area contributed by atoms with Gasteiger partial charge in [-0.05, 0) is 63.1 Å². The van der Waals surface area contributed by atoms with Crippen LogP contribution in [0.1, 0.15) is 69.1 Å². The van der Waals surface area contributed by atoms with Crippen molar-refractivity contribution in [3.8, 4) is 0 Å². The highest BCUT2D eigenvalue weighted by atomic mass is 16.6. The molecule has 3 aromatic rings. The Morgan fingerprint density at radius 3 is 1.91 bits per heavy atom. The fourth-order valence-corrected chi connectivity index (χ4v) is 5.78. The maximum Gasteiger partial charge on any atom is 0.410 e. The van der Waals surface area contributed by atoms with Crippen LogP contribution in [0.4, 0.5) is 14.4 Å². The molecule has 0 aliphatic rings. The van der Waals surface area contributed by atoms with Gasteiger partial charge in [-0.3, -0.25) is 10.1 Å². The third-order valence-electron chi connectivity index (χ3n) is 8.50. The zero-order chi connectivity index (χ0) is 40.6. The molecule has 12 nitrogen and oxygen atoms in total. The summed E-state index contributed by atoms with van der Waals surface area (Å²) < 4.78 is 21.8. The summed E-state index contributed by atoms with van der Waals surface area (Å²) in [6.07, 6.45) is 3.17. The monoisotopic (exact) mass is 770 g/mol. The molecule has 0 heterocycles. The zero-order valence-corrected chi connectivity index (χ0v) is 33.0. The summed E-state index contributed by atoms with van der Waals surface area (Å²) in [5.74, 6) is -0.649. The predicted octanol–water partition coefficient (Wildman–Crippen LogP) is 7.51. The van der Waals surface area contributed by atoms with E-state index in [1.807, 2.05) is 91.0 Å². The van der Waals surface area contributed by atoms with Crippen molar-refractivity contribution in [3.63, 3.8) is 0 Å². The Kier molecular flexibility index (Phi) is 19.8. The number of nitrogens with one attached hydrogen (secondary N) is 3. The Morgan fingerprint density at radius 1 is 0.732 bits per heavy atom. The van der Waals surface area contributed by atoms with Gasteiger partial charge in [0.2, 0.25) is 0 Å². The largest absolute Gasteiger partial charge is 0.460 e. The first kappa shape index (κ1) is 44.8. The number of amides is 3. The summed E-state index contributed by atoms with van der Waals surface area (Å²) in [7, 11) is 0. The number of carbonyl (C=O) groups is 4. The Hall–Kier alpha value is -5.62. The minimum atomic E-state index is -0.770. The van der Waals surface area contributed by atoms with Gasteiger partial charge in [0.25, 0.3) is 0 Å². The molecule has 0 aromatic heterocycles. The van der Waals surface area contributed by atoms with Crippen molar-refractivity contribution in [2.24, 2.45) is 0 Å². The van der Waals surface area contributed by atoms with Crippen molar-refractivity contribution < 1.29 is 38.1 Å². The van der Waals surface area contributed by atoms with Gasteiger partial charge in [0, 0.05) is 38.1 Å². The number of hydrogen-bond donors (Lipinski definition) is 3. The Balaban J connectivity index is 1.76. The molecule has 0 spiro atoms. The molecule has 3 aromatic carbocycles. The van der Waals surface area contributed by atoms with Crippen LogP contribution < -0.4 is 16.0 Å². The van der Waals surface area contributed by atoms with Crippen LogP contribution >= 0.6 is 0 Å². The quantitative estimate of drug-likeness (QED) is 0.0386. The maximum atomic E-state index is 13.6. The van der Waals surface area contributed by atoms with Gasteiger partial charge in [-0.15, -0.1) is 0 Å². The average molecular weight is 771 g/mol. The fraction of sp³-hybridized carbons (Fsp3) is 0.409. The summed E-state index contributed by atoms with van der Waals surface area (Å²) in [5, 5.41) is 8.96. The second-order valence-electron chi connectivity index (χ2n) is 14.2. The summed E-state index contributed by atoms with van der Waals surface area (Å²) in [5.41, 5.74) is 2.23. The highest BCUT2D eigenvalue weighted by Crippen LogP contribution is 2.26. The molecule has 0 aliphatic carbocycles. The lowest BCUT2D eigenvalue weighted by Gasteiger charge is -2.31. The number of unbranched alkanes of at least 4 members (excludes halogenated alkanes) is 1. The Labute approximate surface area is 331 Å². The van der Waals surface area contributed by atoms with Crippen LogP contribution in [0.25, 0.3) is 0 Å². The molecule has 0 saturated carbocycles. The first-order valence-electron chi connectivity index (χ1n) is 19.1. The molecule has 1 unspecified atom stereocenters. The van der Waals surface area contributed by atoms with Crippen LogP contribution in [-0.4, -0.2) is 86.2 Å². The van der Waals surface area contributed by atoms with Gasteiger partial charge in [0.1, 0.15) is 31.5 Å². The summed E-state index contributed by atoms with van der Waals surface area (Å²) in [4.78, 5) is 53.6. The zero-order valence-electron chi connectivity index (χ0n) is 33.0. The fourth-order valence-electron chi connectivity index (χ4n) is 5.78. The smallest absolute Gasteiger partial charge is 0.410 e. The molecular weight excluding hydrogens is 713 g/mol. The van der Waals surface area contributed by atoms with Gasteiger partial charge in [0.05, 0.1) is 0 Å². The topological polar surface area (TPSA) is 145 Å². The molecule has 0 radical (unpaired) electrons. The van der Waals surface area contributed by atoms with Gasteiger partial charge in [-0.2, -0.15) is 0 Å². The lowest BCUT2D eigenvalue weighted by Crippen LogP contribution is -2.51. The molecule has 3 amide bonds. The Morgan fingerprint density at radius 2 is 1.32 bits per heavy atom. The molecule has 2 atom stereocenters. The minimum Gasteiger partial charge on any atom is -0.460 e. The normalized spacial score (nSPS) is 12.1. The van der Waals surface area contributed by atoms with E-state index < -0.39 is 41.9 Å². The van der Waals surface area contributed by atoms with Crippen molar-refractivity contribution in [2.75, 3.05) is 39.4 Å². The summed E-state index contributed by atoms with van der Waals surface area (Å²) in [6, 6.07) is 28.0. The van der Waals surface area contributed by atoms with Gasteiger partial charge >= 0.3 is 24.2 Å². The van der Waals surface area contributed by atoms with Crippen molar-refractivity contribution in [3.05, 3.63) is 133 Å². The van der Waals surface area contributed by atoms with Crippen LogP contribution in [0.2, 0.25) is 0 Å². The molecule has 0 fully saturated rings. The van der Waals surface area contributed by atoms with Crippen LogP contribution in [0.15, 0.2) is 116 Å². The maximum absolute atomic E-state index is 13.6. The second kappa shape index (κ2) is 24.7. The average Bonchev–Trinajstić information content (AvgIpc) is 3.19. The molecule has 3 N–H and O–H groups in total. The van der Waals surface area contributed by atoms with E-state index >= 15 is 0 Å². The van der Waals surface area contributed by atoms with Crippen LogP contribution in [0.3, 0.4) is 0 Å². The van der Waals surface area contributed by atoms with E-state index in [1.165, 1.54) is 12.2 Å². The van der Waals surface area contributed by atoms with Gasteiger partial charge in [-0.1, -0.05) is 116 Å². The molecule has 0 bridgehead atoms. The van der Waals surface area contributed by atoms with E-state index in [0.29, 0.717) is 38.8 Å². The van der Waals surface area contributed by atoms with E-state index in [0.717, 1.165) is 16.7 Å². The molecule has 12 heteroatoms. The van der Waals surface area contributed by atoms with Gasteiger partial charge in [-0.25, -0.2) is 14.4 Å². The number of carbonyl (C=O) groups excluding carboxylic acids is 4. The number of nitrogens with zero attached hydrogens (tertiary/aromatic N) is 1. The first-order valence-corrected chi connectivity index (χ1v) is 19.1. The minimum absolute atomic E-state index is 0.0237.